The van der Waals surface area contributed by atoms with Gasteiger partial charge >= 0.3 is 5.25 Å². The number of hydrogen-bond acceptors (Lipinski definition) is 2. The van der Waals surface area contributed by atoms with E-state index in [-0.39, 0.29) is 11.9 Å². The van der Waals surface area contributed by atoms with Crippen LogP contribution in [0.3, 0.4) is 0 Å². The summed E-state index contributed by atoms with van der Waals surface area (Å²) in [5.41, 5.74) is -1.18. The maximum Gasteiger partial charge on any atom is 0.328 e. The smallest absolute Gasteiger partial charge is 0.328 e. The molecule has 2 aliphatic rings. The Morgan fingerprint density at radius 1 is 1.24 bits per heavy atom. The van der Waals surface area contributed by atoms with Crippen LogP contribution in [-0.4, -0.2) is 17.1 Å². The van der Waals surface area contributed by atoms with E-state index >= 15 is 0 Å². The second-order valence-electron chi connectivity index (χ2n) is 4.46. The predicted molar refractivity (Wildman–Crippen MR) is 59.6 cm³/mol. The topological polar surface area (TPSA) is 12.5 Å². The molecule has 1 nitrogen and oxygen atoms in total. The third-order valence-electron chi connectivity index (χ3n) is 3.05. The van der Waals surface area contributed by atoms with Crippen LogP contribution >= 0.6 is 11.8 Å². The first-order chi connectivity index (χ1) is 8.03. The molecule has 0 spiro atoms. The highest BCUT2D eigenvalue weighted by Gasteiger charge is 2.67. The van der Waals surface area contributed by atoms with Crippen molar-refractivity contribution in [3.63, 3.8) is 0 Å². The molecule has 2 fully saturated rings. The normalized spacial score (nSPS) is 28.2. The fourth-order valence-corrected chi connectivity index (χ4v) is 3.00. The van der Waals surface area contributed by atoms with Crippen LogP contribution in [-0.2, 0) is 10.3 Å². The Kier molecular flexibility index (Phi) is 2.45. The van der Waals surface area contributed by atoms with Crippen molar-refractivity contribution >= 4 is 11.8 Å². The van der Waals surface area contributed by atoms with Crippen LogP contribution in [0.4, 0.5) is 13.2 Å². The molecule has 1 aliphatic heterocycles. The van der Waals surface area contributed by atoms with Crippen LogP contribution in [0.1, 0.15) is 18.4 Å². The van der Waals surface area contributed by atoms with Crippen molar-refractivity contribution in [2.45, 2.75) is 28.9 Å². The van der Waals surface area contributed by atoms with Crippen molar-refractivity contribution in [3.8, 4) is 0 Å². The minimum absolute atomic E-state index is 0.00531. The summed E-state index contributed by atoms with van der Waals surface area (Å²) in [7, 11) is 0. The first-order valence-electron chi connectivity index (χ1n) is 5.49. The highest BCUT2D eigenvalue weighted by Crippen LogP contribution is 2.59. The number of hydrogen-bond donors (Lipinski definition) is 0. The molecule has 0 bridgehead atoms. The Morgan fingerprint density at radius 3 is 2.29 bits per heavy atom. The van der Waals surface area contributed by atoms with Gasteiger partial charge in [-0.2, -0.15) is 8.78 Å². The van der Waals surface area contributed by atoms with E-state index in [2.05, 4.69) is 0 Å². The van der Waals surface area contributed by atoms with Crippen LogP contribution in [0.2, 0.25) is 0 Å². The third-order valence-corrected chi connectivity index (χ3v) is 4.48. The zero-order valence-corrected chi connectivity index (χ0v) is 9.77. The van der Waals surface area contributed by atoms with Gasteiger partial charge in [-0.05, 0) is 30.5 Å². The molecule has 3 rings (SSSR count). The number of ether oxygens (including phenoxy) is 1. The predicted octanol–water partition coefficient (Wildman–Crippen LogP) is 3.54. The Bertz CT molecular complexity index is 424. The first-order valence-corrected chi connectivity index (χ1v) is 6.37. The monoisotopic (exact) mass is 260 g/mol. The zero-order chi connectivity index (χ0) is 12.1. The van der Waals surface area contributed by atoms with Gasteiger partial charge in [-0.25, -0.2) is 4.39 Å². The van der Waals surface area contributed by atoms with Gasteiger partial charge in [0.15, 0.2) is 5.60 Å². The molecule has 1 atom stereocenters. The Morgan fingerprint density at radius 2 is 1.82 bits per heavy atom. The molecular formula is C12H11F3OS. The zero-order valence-electron chi connectivity index (χ0n) is 8.96. The van der Waals surface area contributed by atoms with E-state index in [1.165, 1.54) is 24.3 Å². The van der Waals surface area contributed by atoms with Gasteiger partial charge in [0.2, 0.25) is 0 Å². The van der Waals surface area contributed by atoms with Crippen molar-refractivity contribution in [1.82, 2.24) is 0 Å². The highest BCUT2D eigenvalue weighted by atomic mass is 32.2. The largest absolute Gasteiger partial charge is 0.357 e. The SMILES string of the molecule is Fc1ccc(C2(C(F)(F)SC3CC3)CO2)cc1. The maximum atomic E-state index is 14.1. The molecule has 0 aromatic heterocycles. The van der Waals surface area contributed by atoms with Gasteiger partial charge in [-0.1, -0.05) is 23.9 Å². The Labute approximate surface area is 101 Å². The molecule has 1 aliphatic carbocycles. The number of thioether (sulfide) groups is 1. The molecule has 1 unspecified atom stereocenters. The average Bonchev–Trinajstić information content (AvgIpc) is 3.11. The summed E-state index contributed by atoms with van der Waals surface area (Å²) in [4.78, 5) is 0. The molecule has 1 saturated heterocycles. The van der Waals surface area contributed by atoms with Crippen LogP contribution in [0.15, 0.2) is 24.3 Å². The molecule has 0 radical (unpaired) electrons. The van der Waals surface area contributed by atoms with E-state index in [1.807, 2.05) is 0 Å². The lowest BCUT2D eigenvalue weighted by Crippen LogP contribution is -2.32. The van der Waals surface area contributed by atoms with Gasteiger partial charge < -0.3 is 4.74 Å². The van der Waals surface area contributed by atoms with E-state index in [9.17, 15) is 13.2 Å². The van der Waals surface area contributed by atoms with Gasteiger partial charge in [-0.15, -0.1) is 0 Å². The Balaban J connectivity index is 1.86. The summed E-state index contributed by atoms with van der Waals surface area (Å²) in [6.07, 6.45) is 1.69. The standard InChI is InChI=1S/C12H11F3OS/c13-9-3-1-8(2-4-9)11(7-16-11)12(14,15)17-10-5-6-10/h1-4,10H,5-7H2. The summed E-state index contributed by atoms with van der Waals surface area (Å²) in [6, 6.07) is 5.14. The van der Waals surface area contributed by atoms with E-state index in [0.717, 1.165) is 12.8 Å². The van der Waals surface area contributed by atoms with Gasteiger partial charge in [0.1, 0.15) is 5.82 Å². The quantitative estimate of drug-likeness (QED) is 0.768. The Hall–Kier alpha value is -0.680. The second kappa shape index (κ2) is 3.65. The summed E-state index contributed by atoms with van der Waals surface area (Å²) in [5.74, 6) is -0.428. The van der Waals surface area contributed by atoms with Crippen molar-refractivity contribution in [2.24, 2.45) is 0 Å². The van der Waals surface area contributed by atoms with Gasteiger partial charge in [0.05, 0.1) is 6.61 Å². The summed E-state index contributed by atoms with van der Waals surface area (Å²) < 4.78 is 46.0. The number of benzene rings is 1. The van der Waals surface area contributed by atoms with Crippen LogP contribution < -0.4 is 0 Å². The lowest BCUT2D eigenvalue weighted by atomic mass is 10.0. The molecule has 17 heavy (non-hydrogen) atoms. The lowest BCUT2D eigenvalue weighted by Gasteiger charge is -2.23. The van der Waals surface area contributed by atoms with Crippen LogP contribution in [0.5, 0.6) is 0 Å². The fraction of sp³-hybridized carbons (Fsp3) is 0.500. The maximum absolute atomic E-state index is 14.1. The first kappa shape index (κ1) is 11.4. The lowest BCUT2D eigenvalue weighted by molar-refractivity contribution is 0.00943. The van der Waals surface area contributed by atoms with Gasteiger partial charge in [0.25, 0.3) is 0 Å². The number of halogens is 3. The van der Waals surface area contributed by atoms with Gasteiger partial charge in [-0.3, -0.25) is 0 Å². The number of rotatable bonds is 4. The molecule has 0 N–H and O–H groups in total. The van der Waals surface area contributed by atoms with Crippen LogP contribution in [0.25, 0.3) is 0 Å². The van der Waals surface area contributed by atoms with Gasteiger partial charge in [0, 0.05) is 5.25 Å². The fourth-order valence-electron chi connectivity index (χ4n) is 1.78. The van der Waals surface area contributed by atoms with Crippen LogP contribution in [0, 0.1) is 5.82 Å². The summed E-state index contributed by atoms with van der Waals surface area (Å²) in [6.45, 7) is 0.00531. The molecule has 0 amide bonds. The van der Waals surface area contributed by atoms with Crippen molar-refractivity contribution < 1.29 is 17.9 Å². The molecule has 1 aromatic rings. The second-order valence-corrected chi connectivity index (χ2v) is 5.87. The van der Waals surface area contributed by atoms with Crippen molar-refractivity contribution in [3.05, 3.63) is 35.6 Å². The van der Waals surface area contributed by atoms with E-state index < -0.39 is 16.7 Å². The molecule has 1 aromatic carbocycles. The molecule has 5 heteroatoms. The molecule has 1 saturated carbocycles. The van der Waals surface area contributed by atoms with Crippen molar-refractivity contribution in [2.75, 3.05) is 6.61 Å². The highest BCUT2D eigenvalue weighted by molar-refractivity contribution is 8.01. The molecule has 92 valence electrons. The van der Waals surface area contributed by atoms with E-state index in [4.69, 9.17) is 4.74 Å². The number of epoxide rings is 1. The molecule has 1 heterocycles. The average molecular weight is 260 g/mol. The minimum atomic E-state index is -2.94. The number of alkyl halides is 2. The summed E-state index contributed by atoms with van der Waals surface area (Å²) >= 11 is 0.684. The van der Waals surface area contributed by atoms with E-state index in [0.29, 0.717) is 17.3 Å². The third kappa shape index (κ3) is 1.95. The van der Waals surface area contributed by atoms with E-state index in [1.54, 1.807) is 0 Å². The summed E-state index contributed by atoms with van der Waals surface area (Å²) in [5, 5.41) is -2.89. The minimum Gasteiger partial charge on any atom is -0.357 e. The van der Waals surface area contributed by atoms with Crippen molar-refractivity contribution in [1.29, 1.82) is 0 Å². The molecular weight excluding hydrogens is 249 g/mol.